The van der Waals surface area contributed by atoms with E-state index in [9.17, 15) is 33.4 Å². The Morgan fingerprint density at radius 3 is 2.25 bits per heavy atom. The summed E-state index contributed by atoms with van der Waals surface area (Å²) < 4.78 is 24.9. The summed E-state index contributed by atoms with van der Waals surface area (Å²) in [7, 11) is -3.94. The van der Waals surface area contributed by atoms with E-state index in [-0.39, 0.29) is 22.7 Å². The van der Waals surface area contributed by atoms with Crippen LogP contribution in [-0.2, 0) is 14.8 Å². The Balaban J connectivity index is 2.30. The van der Waals surface area contributed by atoms with Gasteiger partial charge in [-0.15, -0.1) is 0 Å². The van der Waals surface area contributed by atoms with E-state index in [1.54, 1.807) is 6.92 Å². The first kappa shape index (κ1) is 20.8. The van der Waals surface area contributed by atoms with E-state index < -0.39 is 32.3 Å². The molecule has 148 valence electrons. The van der Waals surface area contributed by atoms with Crippen LogP contribution in [0.2, 0.25) is 0 Å². The predicted octanol–water partition coefficient (Wildman–Crippen LogP) is 2.22. The topological polar surface area (TPSA) is 153 Å². The molecule has 0 aliphatic heterocycles. The van der Waals surface area contributed by atoms with E-state index in [1.807, 2.05) is 0 Å². The number of aryl methyl sites for hydroxylation is 1. The molecule has 11 nitrogen and oxygen atoms in total. The zero-order chi connectivity index (χ0) is 21.1. The van der Waals surface area contributed by atoms with Crippen LogP contribution in [0.3, 0.4) is 0 Å². The Morgan fingerprint density at radius 1 is 1.07 bits per heavy atom. The molecular formula is C16H16N4O7S. The maximum absolute atomic E-state index is 12.4. The average molecular weight is 408 g/mol. The normalized spacial score (nSPS) is 10.9. The van der Waals surface area contributed by atoms with Crippen molar-refractivity contribution in [1.29, 1.82) is 0 Å². The van der Waals surface area contributed by atoms with E-state index in [0.717, 1.165) is 18.4 Å². The number of benzene rings is 2. The van der Waals surface area contributed by atoms with Crippen molar-refractivity contribution in [3.63, 3.8) is 0 Å². The summed E-state index contributed by atoms with van der Waals surface area (Å²) >= 11 is 0. The number of nitro groups is 2. The molecule has 0 aromatic heterocycles. The largest absolute Gasteiger partial charge is 0.324 e. The zero-order valence-electron chi connectivity index (χ0n) is 14.9. The van der Waals surface area contributed by atoms with Gasteiger partial charge in [0.15, 0.2) is 0 Å². The second kappa shape index (κ2) is 8.00. The molecule has 0 saturated carbocycles. The highest BCUT2D eigenvalue weighted by Crippen LogP contribution is 2.24. The molecule has 2 rings (SSSR count). The molecule has 0 aliphatic carbocycles. The molecule has 2 aromatic rings. The first-order chi connectivity index (χ1) is 13.0. The minimum Gasteiger partial charge on any atom is -0.324 e. The highest BCUT2D eigenvalue weighted by atomic mass is 32.2. The summed E-state index contributed by atoms with van der Waals surface area (Å²) in [4.78, 5) is 32.9. The van der Waals surface area contributed by atoms with Crippen LogP contribution in [0.5, 0.6) is 0 Å². The van der Waals surface area contributed by atoms with Crippen molar-refractivity contribution in [1.82, 2.24) is 0 Å². The van der Waals surface area contributed by atoms with Crippen molar-refractivity contribution in [2.45, 2.75) is 6.92 Å². The Morgan fingerprint density at radius 2 is 1.68 bits per heavy atom. The van der Waals surface area contributed by atoms with Crippen LogP contribution in [-0.4, -0.2) is 37.0 Å². The van der Waals surface area contributed by atoms with Gasteiger partial charge in [0.05, 0.1) is 27.5 Å². The summed E-state index contributed by atoms with van der Waals surface area (Å²) in [5.74, 6) is -0.763. The molecule has 0 bridgehead atoms. The standard InChI is InChI=1S/C16H16N4O7S/c1-11-6-7-14(20(24)25)9-15(11)17-16(21)10-18(28(2,26)27)12-4-3-5-13(8-12)19(22)23/h3-9H,10H2,1-2H3,(H,17,21). The number of nitrogens with zero attached hydrogens (tertiary/aromatic N) is 3. The molecule has 2 aromatic carbocycles. The fourth-order valence-electron chi connectivity index (χ4n) is 2.34. The Labute approximate surface area is 159 Å². The van der Waals surface area contributed by atoms with Crippen LogP contribution in [0, 0.1) is 27.2 Å². The summed E-state index contributed by atoms with van der Waals surface area (Å²) in [5.41, 5.74) is 0.0788. The fraction of sp³-hybridized carbons (Fsp3) is 0.188. The van der Waals surface area contributed by atoms with E-state index in [0.29, 0.717) is 9.87 Å². The second-order valence-electron chi connectivity index (χ2n) is 5.85. The minimum atomic E-state index is -3.94. The van der Waals surface area contributed by atoms with Gasteiger partial charge in [-0.1, -0.05) is 12.1 Å². The molecule has 0 unspecified atom stereocenters. The molecule has 0 fully saturated rings. The SMILES string of the molecule is Cc1ccc([N+](=O)[O-])cc1NC(=O)CN(c1cccc([N+](=O)[O-])c1)S(C)(=O)=O. The van der Waals surface area contributed by atoms with Gasteiger partial charge in [0.2, 0.25) is 15.9 Å². The van der Waals surface area contributed by atoms with Gasteiger partial charge in [0.1, 0.15) is 6.54 Å². The number of carbonyl (C=O) groups excluding carboxylic acids is 1. The van der Waals surface area contributed by atoms with Crippen LogP contribution in [0.25, 0.3) is 0 Å². The van der Waals surface area contributed by atoms with E-state index in [4.69, 9.17) is 0 Å². The van der Waals surface area contributed by atoms with E-state index in [2.05, 4.69) is 5.32 Å². The molecule has 0 heterocycles. The lowest BCUT2D eigenvalue weighted by Gasteiger charge is -2.22. The Kier molecular flexibility index (Phi) is 5.93. The van der Waals surface area contributed by atoms with Gasteiger partial charge in [-0.05, 0) is 18.6 Å². The zero-order valence-corrected chi connectivity index (χ0v) is 15.7. The van der Waals surface area contributed by atoms with Crippen LogP contribution < -0.4 is 9.62 Å². The van der Waals surface area contributed by atoms with Gasteiger partial charge in [-0.2, -0.15) is 0 Å². The third-order valence-corrected chi connectivity index (χ3v) is 4.86. The number of non-ortho nitro benzene ring substituents is 2. The maximum atomic E-state index is 12.4. The van der Waals surface area contributed by atoms with Crippen molar-refractivity contribution in [3.8, 4) is 0 Å². The predicted molar refractivity (Wildman–Crippen MR) is 102 cm³/mol. The molecule has 0 atom stereocenters. The van der Waals surface area contributed by atoms with Crippen molar-refractivity contribution < 1.29 is 23.1 Å². The fourth-order valence-corrected chi connectivity index (χ4v) is 3.19. The summed E-state index contributed by atoms with van der Waals surface area (Å²) in [6.07, 6.45) is 0.859. The van der Waals surface area contributed by atoms with Gasteiger partial charge < -0.3 is 5.32 Å². The molecule has 0 aliphatic rings. The number of rotatable bonds is 7. The van der Waals surface area contributed by atoms with Crippen molar-refractivity contribution in [3.05, 3.63) is 68.3 Å². The third kappa shape index (κ3) is 5.01. The first-order valence-corrected chi connectivity index (χ1v) is 9.61. The van der Waals surface area contributed by atoms with Gasteiger partial charge in [-0.3, -0.25) is 29.3 Å². The number of carbonyl (C=O) groups is 1. The summed E-state index contributed by atoms with van der Waals surface area (Å²) in [6.45, 7) is 0.955. The van der Waals surface area contributed by atoms with Crippen LogP contribution >= 0.6 is 0 Å². The smallest absolute Gasteiger partial charge is 0.271 e. The quantitative estimate of drug-likeness (QED) is 0.544. The number of nitro benzene ring substituents is 2. The summed E-state index contributed by atoms with van der Waals surface area (Å²) in [6, 6.07) is 8.72. The average Bonchev–Trinajstić information content (AvgIpc) is 2.60. The molecule has 0 radical (unpaired) electrons. The molecular weight excluding hydrogens is 392 g/mol. The van der Waals surface area contributed by atoms with Crippen LogP contribution in [0.1, 0.15) is 5.56 Å². The molecule has 0 spiro atoms. The number of amides is 1. The molecule has 0 saturated heterocycles. The minimum absolute atomic E-state index is 0.0531. The van der Waals surface area contributed by atoms with Crippen molar-refractivity contribution in [2.75, 3.05) is 22.4 Å². The lowest BCUT2D eigenvalue weighted by Crippen LogP contribution is -2.37. The third-order valence-electron chi connectivity index (χ3n) is 3.72. The molecule has 1 amide bonds. The van der Waals surface area contributed by atoms with Gasteiger partial charge in [0.25, 0.3) is 11.4 Å². The van der Waals surface area contributed by atoms with E-state index in [1.165, 1.54) is 30.3 Å². The number of hydrogen-bond donors (Lipinski definition) is 1. The lowest BCUT2D eigenvalue weighted by molar-refractivity contribution is -0.385. The first-order valence-electron chi connectivity index (χ1n) is 7.76. The number of sulfonamides is 1. The number of nitrogens with one attached hydrogen (secondary N) is 1. The number of hydrogen-bond acceptors (Lipinski definition) is 7. The maximum Gasteiger partial charge on any atom is 0.271 e. The van der Waals surface area contributed by atoms with Crippen molar-refractivity contribution >= 4 is 38.7 Å². The van der Waals surface area contributed by atoms with Crippen molar-refractivity contribution in [2.24, 2.45) is 0 Å². The van der Waals surface area contributed by atoms with Gasteiger partial charge in [0, 0.05) is 24.3 Å². The van der Waals surface area contributed by atoms with Gasteiger partial charge >= 0.3 is 0 Å². The highest BCUT2D eigenvalue weighted by molar-refractivity contribution is 7.92. The Bertz CT molecular complexity index is 1050. The van der Waals surface area contributed by atoms with E-state index >= 15 is 0 Å². The highest BCUT2D eigenvalue weighted by Gasteiger charge is 2.23. The van der Waals surface area contributed by atoms with Crippen LogP contribution in [0.15, 0.2) is 42.5 Å². The van der Waals surface area contributed by atoms with Crippen LogP contribution in [0.4, 0.5) is 22.7 Å². The monoisotopic (exact) mass is 408 g/mol. The molecule has 1 N–H and O–H groups in total. The second-order valence-corrected chi connectivity index (χ2v) is 7.76. The lowest BCUT2D eigenvalue weighted by atomic mass is 10.2. The molecule has 28 heavy (non-hydrogen) atoms. The van der Waals surface area contributed by atoms with Gasteiger partial charge in [-0.25, -0.2) is 8.42 Å². The summed E-state index contributed by atoms with van der Waals surface area (Å²) in [5, 5.41) is 24.2. The number of anilines is 2. The Hall–Kier alpha value is -3.54. The molecule has 12 heteroatoms.